The Hall–Kier alpha value is -2.07. The minimum atomic E-state index is -1.05. The molecule has 1 aromatic rings. The second-order valence-electron chi connectivity index (χ2n) is 5.66. The SMILES string of the molecule is NC1CCCCC1.NCC(N)C(=O)O.O=Cc1ccc(Cl)c([N+](=O)[O-])c1. The van der Waals surface area contributed by atoms with Gasteiger partial charge in [0.1, 0.15) is 17.4 Å². The highest BCUT2D eigenvalue weighted by atomic mass is 35.5. The minimum Gasteiger partial charge on any atom is -0.480 e. The first-order valence-corrected chi connectivity index (χ1v) is 8.43. The Kier molecular flexibility index (Phi) is 12.1. The molecule has 0 heterocycles. The van der Waals surface area contributed by atoms with E-state index in [4.69, 9.17) is 33.9 Å². The van der Waals surface area contributed by atoms with Crippen molar-refractivity contribution in [2.75, 3.05) is 6.54 Å². The van der Waals surface area contributed by atoms with Gasteiger partial charge in [-0.15, -0.1) is 0 Å². The molecule has 0 aromatic heterocycles. The molecule has 0 aliphatic heterocycles. The van der Waals surface area contributed by atoms with E-state index in [9.17, 15) is 19.7 Å². The summed E-state index contributed by atoms with van der Waals surface area (Å²) in [5.74, 6) is -1.05. The van der Waals surface area contributed by atoms with Crippen LogP contribution >= 0.6 is 11.6 Å². The zero-order valence-corrected chi connectivity index (χ0v) is 15.1. The zero-order valence-electron chi connectivity index (χ0n) is 14.3. The lowest BCUT2D eigenvalue weighted by atomic mass is 9.97. The van der Waals surface area contributed by atoms with E-state index in [0.717, 1.165) is 6.07 Å². The monoisotopic (exact) mass is 388 g/mol. The van der Waals surface area contributed by atoms with E-state index in [-0.39, 0.29) is 22.8 Å². The summed E-state index contributed by atoms with van der Waals surface area (Å²) >= 11 is 5.49. The van der Waals surface area contributed by atoms with E-state index in [2.05, 4.69) is 0 Å². The van der Waals surface area contributed by atoms with Gasteiger partial charge in [-0.05, 0) is 25.0 Å². The van der Waals surface area contributed by atoms with Gasteiger partial charge in [0.15, 0.2) is 0 Å². The second-order valence-corrected chi connectivity index (χ2v) is 6.07. The van der Waals surface area contributed by atoms with Gasteiger partial charge in [-0.25, -0.2) is 0 Å². The maximum Gasteiger partial charge on any atom is 0.321 e. The van der Waals surface area contributed by atoms with Crippen molar-refractivity contribution < 1.29 is 19.6 Å². The molecule has 1 aliphatic carbocycles. The van der Waals surface area contributed by atoms with E-state index < -0.39 is 16.9 Å². The lowest BCUT2D eigenvalue weighted by Gasteiger charge is -2.15. The Bertz CT molecular complexity index is 594. The predicted molar refractivity (Wildman–Crippen MR) is 99.2 cm³/mol. The van der Waals surface area contributed by atoms with Crippen molar-refractivity contribution in [3.8, 4) is 0 Å². The summed E-state index contributed by atoms with van der Waals surface area (Å²) < 4.78 is 0. The predicted octanol–water partition coefficient (Wildman–Crippen LogP) is 1.70. The van der Waals surface area contributed by atoms with E-state index in [0.29, 0.717) is 12.3 Å². The lowest BCUT2D eigenvalue weighted by Crippen LogP contribution is -2.37. The van der Waals surface area contributed by atoms with Crippen LogP contribution in [-0.4, -0.2) is 40.9 Å². The topological polar surface area (TPSA) is 176 Å². The van der Waals surface area contributed by atoms with Gasteiger partial charge in [-0.1, -0.05) is 30.9 Å². The Morgan fingerprint density at radius 1 is 1.38 bits per heavy atom. The Balaban J connectivity index is 0.000000385. The molecular weight excluding hydrogens is 364 g/mol. The third-order valence-electron chi connectivity index (χ3n) is 3.52. The number of halogens is 1. The minimum absolute atomic E-state index is 0.00463. The number of hydrogen-bond acceptors (Lipinski definition) is 7. The summed E-state index contributed by atoms with van der Waals surface area (Å²) in [6.45, 7) is -0.00463. The number of nitro groups is 1. The number of aldehydes is 1. The van der Waals surface area contributed by atoms with Crippen molar-refractivity contribution in [1.29, 1.82) is 0 Å². The Morgan fingerprint density at radius 3 is 2.27 bits per heavy atom. The van der Waals surface area contributed by atoms with E-state index in [1.807, 2.05) is 0 Å². The van der Waals surface area contributed by atoms with Crippen LogP contribution in [0.1, 0.15) is 42.5 Å². The number of rotatable bonds is 4. The fourth-order valence-corrected chi connectivity index (χ4v) is 2.16. The first kappa shape index (κ1) is 23.9. The number of carboxylic acids is 1. The first-order chi connectivity index (χ1) is 12.2. The maximum atomic E-state index is 10.3. The molecule has 0 saturated heterocycles. The fraction of sp³-hybridized carbons (Fsp3) is 0.500. The smallest absolute Gasteiger partial charge is 0.321 e. The number of aliphatic carboxylic acids is 1. The molecule has 10 heteroatoms. The summed E-state index contributed by atoms with van der Waals surface area (Å²) in [4.78, 5) is 29.6. The van der Waals surface area contributed by atoms with Gasteiger partial charge in [-0.3, -0.25) is 19.7 Å². The molecule has 7 N–H and O–H groups in total. The quantitative estimate of drug-likeness (QED) is 0.342. The summed E-state index contributed by atoms with van der Waals surface area (Å²) in [6.07, 6.45) is 7.19. The van der Waals surface area contributed by atoms with Crippen LogP contribution in [0.3, 0.4) is 0 Å². The molecule has 26 heavy (non-hydrogen) atoms. The fourth-order valence-electron chi connectivity index (χ4n) is 1.98. The number of carbonyl (C=O) groups excluding carboxylic acids is 1. The highest BCUT2D eigenvalue weighted by Gasteiger charge is 2.11. The maximum absolute atomic E-state index is 10.3. The summed E-state index contributed by atoms with van der Waals surface area (Å²) in [5.41, 5.74) is 15.4. The molecular formula is C16H25ClN4O5. The van der Waals surface area contributed by atoms with Crippen molar-refractivity contribution >= 4 is 29.5 Å². The number of nitrogens with two attached hydrogens (primary N) is 3. The van der Waals surface area contributed by atoms with Crippen LogP contribution in [0.15, 0.2) is 18.2 Å². The number of carboxylic acid groups (broad SMARTS) is 1. The molecule has 146 valence electrons. The lowest BCUT2D eigenvalue weighted by molar-refractivity contribution is -0.384. The zero-order chi connectivity index (χ0) is 20.1. The van der Waals surface area contributed by atoms with Crippen LogP contribution in [0.2, 0.25) is 5.02 Å². The molecule has 2 rings (SSSR count). The molecule has 1 unspecified atom stereocenters. The molecule has 1 aliphatic rings. The standard InChI is InChI=1S/C7H4ClNO3.C6H13N.C3H8N2O2/c8-6-2-1-5(4-10)3-7(6)9(11)12;7-6-4-2-1-3-5-6;4-1-2(5)3(6)7/h1-4H;6H,1-5,7H2;2H,1,4-5H2,(H,6,7). The molecule has 1 aromatic carbocycles. The van der Waals surface area contributed by atoms with Gasteiger partial charge in [-0.2, -0.15) is 0 Å². The van der Waals surface area contributed by atoms with E-state index in [1.165, 1.54) is 44.2 Å². The van der Waals surface area contributed by atoms with Gasteiger partial charge >= 0.3 is 5.97 Å². The van der Waals surface area contributed by atoms with Gasteiger partial charge in [0, 0.05) is 24.2 Å². The number of hydrogen-bond donors (Lipinski definition) is 4. The van der Waals surface area contributed by atoms with Gasteiger partial charge in [0.05, 0.1) is 4.92 Å². The average molecular weight is 389 g/mol. The summed E-state index contributed by atoms with van der Waals surface area (Å²) in [7, 11) is 0. The number of carbonyl (C=O) groups is 2. The Morgan fingerprint density at radius 2 is 1.96 bits per heavy atom. The molecule has 0 bridgehead atoms. The van der Waals surface area contributed by atoms with Crippen LogP contribution in [0.25, 0.3) is 0 Å². The van der Waals surface area contributed by atoms with Gasteiger partial charge in [0.2, 0.25) is 0 Å². The van der Waals surface area contributed by atoms with Crippen LogP contribution in [0.5, 0.6) is 0 Å². The van der Waals surface area contributed by atoms with Crippen molar-refractivity contribution in [3.63, 3.8) is 0 Å². The largest absolute Gasteiger partial charge is 0.480 e. The molecule has 0 spiro atoms. The molecule has 1 fully saturated rings. The normalized spacial score (nSPS) is 14.8. The second kappa shape index (κ2) is 13.2. The first-order valence-electron chi connectivity index (χ1n) is 8.06. The van der Waals surface area contributed by atoms with Crippen LogP contribution in [0.4, 0.5) is 5.69 Å². The molecule has 9 nitrogen and oxygen atoms in total. The molecule has 0 radical (unpaired) electrons. The van der Waals surface area contributed by atoms with E-state index in [1.54, 1.807) is 0 Å². The number of benzene rings is 1. The van der Waals surface area contributed by atoms with Crippen molar-refractivity contribution in [3.05, 3.63) is 38.9 Å². The van der Waals surface area contributed by atoms with E-state index >= 15 is 0 Å². The van der Waals surface area contributed by atoms with Crippen LogP contribution in [0, 0.1) is 10.1 Å². The van der Waals surface area contributed by atoms with Crippen LogP contribution < -0.4 is 17.2 Å². The number of nitro benzene ring substituents is 1. The number of nitrogens with zero attached hydrogens (tertiary/aromatic N) is 1. The molecule has 1 atom stereocenters. The highest BCUT2D eigenvalue weighted by Crippen LogP contribution is 2.24. The third-order valence-corrected chi connectivity index (χ3v) is 3.84. The molecule has 1 saturated carbocycles. The van der Waals surface area contributed by atoms with Crippen molar-refractivity contribution in [1.82, 2.24) is 0 Å². The van der Waals surface area contributed by atoms with Crippen molar-refractivity contribution in [2.45, 2.75) is 44.2 Å². The third kappa shape index (κ3) is 10.0. The van der Waals surface area contributed by atoms with Crippen molar-refractivity contribution in [2.24, 2.45) is 17.2 Å². The Labute approximate surface area is 156 Å². The van der Waals surface area contributed by atoms with Gasteiger partial charge in [0.25, 0.3) is 5.69 Å². The summed E-state index contributed by atoms with van der Waals surface area (Å²) in [5, 5.41) is 18.3. The van der Waals surface area contributed by atoms with Crippen LogP contribution in [-0.2, 0) is 4.79 Å². The average Bonchev–Trinajstić information content (AvgIpc) is 2.62. The highest BCUT2D eigenvalue weighted by molar-refractivity contribution is 6.32. The van der Waals surface area contributed by atoms with Gasteiger partial charge < -0.3 is 22.3 Å². The summed E-state index contributed by atoms with van der Waals surface area (Å²) in [6, 6.07) is 3.51. The molecule has 0 amide bonds.